The molecule has 0 unspecified atom stereocenters. The number of nitrogens with zero attached hydrogens (tertiary/aromatic N) is 1. The van der Waals surface area contributed by atoms with Crippen LogP contribution < -0.4 is 5.32 Å². The Kier molecular flexibility index (Phi) is 7.97. The summed E-state index contributed by atoms with van der Waals surface area (Å²) in [6, 6.07) is 14.3. The monoisotopic (exact) mass is 466 g/mol. The Morgan fingerprint density at radius 3 is 2.00 bits per heavy atom. The van der Waals surface area contributed by atoms with E-state index in [0.717, 1.165) is 22.3 Å². The Morgan fingerprint density at radius 1 is 1.00 bits per heavy atom. The summed E-state index contributed by atoms with van der Waals surface area (Å²) >= 11 is 0. The number of carbonyl (C=O) groups is 3. The van der Waals surface area contributed by atoms with Gasteiger partial charge in [0.15, 0.2) is 0 Å². The van der Waals surface area contributed by atoms with Gasteiger partial charge in [-0.3, -0.25) is 4.79 Å². The number of hydrogen-bond acceptors (Lipinski definition) is 4. The Balaban J connectivity index is 1.73. The minimum atomic E-state index is -1.07. The number of carboxylic acids is 1. The summed E-state index contributed by atoms with van der Waals surface area (Å²) in [5, 5.41) is 12.3. The quantitative estimate of drug-likeness (QED) is 0.567. The molecule has 0 bridgehead atoms. The average Bonchev–Trinajstić information content (AvgIpc) is 3.13. The van der Waals surface area contributed by atoms with E-state index in [9.17, 15) is 19.5 Å². The molecular weight excluding hydrogens is 432 g/mol. The van der Waals surface area contributed by atoms with Crippen LogP contribution in [-0.4, -0.2) is 53.7 Å². The number of rotatable bonds is 9. The van der Waals surface area contributed by atoms with E-state index >= 15 is 0 Å². The maximum Gasteiger partial charge on any atom is 0.407 e. The van der Waals surface area contributed by atoms with Crippen LogP contribution in [0.1, 0.15) is 51.2 Å². The molecule has 0 aliphatic heterocycles. The van der Waals surface area contributed by atoms with Gasteiger partial charge in [-0.2, -0.15) is 0 Å². The van der Waals surface area contributed by atoms with Crippen LogP contribution in [0.5, 0.6) is 0 Å². The molecule has 2 N–H and O–H groups in total. The molecule has 3 rings (SSSR count). The van der Waals surface area contributed by atoms with Crippen LogP contribution in [0.25, 0.3) is 11.1 Å². The molecule has 3 atom stereocenters. The van der Waals surface area contributed by atoms with Crippen LogP contribution in [-0.2, 0) is 14.3 Å². The lowest BCUT2D eigenvalue weighted by molar-refractivity contribution is -0.152. The van der Waals surface area contributed by atoms with Gasteiger partial charge < -0.3 is 20.1 Å². The number of aliphatic carboxylic acids is 1. The van der Waals surface area contributed by atoms with Crippen molar-refractivity contribution >= 4 is 18.0 Å². The van der Waals surface area contributed by atoms with Crippen molar-refractivity contribution in [2.45, 2.75) is 52.1 Å². The molecule has 1 aliphatic rings. The fourth-order valence-electron chi connectivity index (χ4n) is 4.70. The summed E-state index contributed by atoms with van der Waals surface area (Å²) in [5.41, 5.74) is 4.48. The Hall–Kier alpha value is -3.35. The van der Waals surface area contributed by atoms with E-state index in [2.05, 4.69) is 17.4 Å². The predicted molar refractivity (Wildman–Crippen MR) is 130 cm³/mol. The van der Waals surface area contributed by atoms with Gasteiger partial charge in [0.05, 0.1) is 0 Å². The van der Waals surface area contributed by atoms with E-state index in [-0.39, 0.29) is 24.4 Å². The van der Waals surface area contributed by atoms with Gasteiger partial charge in [0.2, 0.25) is 5.91 Å². The van der Waals surface area contributed by atoms with E-state index < -0.39 is 30.1 Å². The Morgan fingerprint density at radius 2 is 1.53 bits per heavy atom. The van der Waals surface area contributed by atoms with Crippen LogP contribution >= 0.6 is 0 Å². The van der Waals surface area contributed by atoms with Gasteiger partial charge in [0.1, 0.15) is 18.7 Å². The molecule has 2 amide bonds. The number of nitrogens with one attached hydrogen (secondary N) is 1. The fourth-order valence-corrected chi connectivity index (χ4v) is 4.70. The number of amides is 2. The molecule has 7 nitrogen and oxygen atoms in total. The van der Waals surface area contributed by atoms with Gasteiger partial charge >= 0.3 is 12.1 Å². The highest BCUT2D eigenvalue weighted by molar-refractivity contribution is 5.89. The standard InChI is InChI=1S/C27H34N2O5/c1-6-17(4)23(25(30)29(5)24(16(2)3)26(31)32)28-27(33)34-15-22-20-13-9-7-11-18(20)19-12-8-10-14-21(19)22/h7-14,16-17,22-24H,6,15H2,1-5H3,(H,28,33)(H,31,32)/t17-,23-,24-/m0/s1. The molecule has 0 saturated heterocycles. The fraction of sp³-hybridized carbons (Fsp3) is 0.444. The number of fused-ring (bicyclic) bond motifs is 3. The minimum Gasteiger partial charge on any atom is -0.480 e. The summed E-state index contributed by atoms with van der Waals surface area (Å²) in [4.78, 5) is 38.9. The van der Waals surface area contributed by atoms with Crippen molar-refractivity contribution in [1.82, 2.24) is 10.2 Å². The third kappa shape index (κ3) is 5.08. The summed E-state index contributed by atoms with van der Waals surface area (Å²) < 4.78 is 5.61. The van der Waals surface area contributed by atoms with Crippen molar-refractivity contribution in [1.29, 1.82) is 0 Å². The van der Waals surface area contributed by atoms with Crippen molar-refractivity contribution in [2.75, 3.05) is 13.7 Å². The highest BCUT2D eigenvalue weighted by Gasteiger charge is 2.36. The lowest BCUT2D eigenvalue weighted by Crippen LogP contribution is -2.56. The first-order valence-corrected chi connectivity index (χ1v) is 11.8. The number of carbonyl (C=O) groups excluding carboxylic acids is 2. The molecule has 182 valence electrons. The number of hydrogen-bond donors (Lipinski definition) is 2. The Bertz CT molecular complexity index is 1010. The zero-order chi connectivity index (χ0) is 25.0. The van der Waals surface area contributed by atoms with Gasteiger partial charge in [-0.05, 0) is 34.1 Å². The molecule has 0 aromatic heterocycles. The zero-order valence-electron chi connectivity index (χ0n) is 20.4. The predicted octanol–water partition coefficient (Wildman–Crippen LogP) is 4.51. The van der Waals surface area contributed by atoms with E-state index in [1.165, 1.54) is 11.9 Å². The second-order valence-corrected chi connectivity index (χ2v) is 9.31. The molecule has 0 fully saturated rings. The second kappa shape index (κ2) is 10.7. The van der Waals surface area contributed by atoms with Crippen molar-refractivity contribution < 1.29 is 24.2 Å². The van der Waals surface area contributed by atoms with Crippen molar-refractivity contribution in [3.8, 4) is 11.1 Å². The SMILES string of the molecule is CC[C@H](C)[C@H](NC(=O)OCC1c2ccccc2-c2ccccc21)C(=O)N(C)[C@H](C(=O)O)C(C)C. The maximum absolute atomic E-state index is 13.2. The first-order valence-electron chi connectivity index (χ1n) is 11.8. The van der Waals surface area contributed by atoms with Gasteiger partial charge in [0, 0.05) is 13.0 Å². The normalized spacial score (nSPS) is 15.1. The highest BCUT2D eigenvalue weighted by Crippen LogP contribution is 2.44. The van der Waals surface area contributed by atoms with Crippen molar-refractivity contribution in [2.24, 2.45) is 11.8 Å². The number of benzene rings is 2. The molecule has 7 heteroatoms. The van der Waals surface area contributed by atoms with Crippen molar-refractivity contribution in [3.63, 3.8) is 0 Å². The maximum atomic E-state index is 13.2. The molecule has 0 heterocycles. The molecule has 0 spiro atoms. The molecule has 0 radical (unpaired) electrons. The molecule has 1 aliphatic carbocycles. The number of ether oxygens (including phenoxy) is 1. The summed E-state index contributed by atoms with van der Waals surface area (Å²) in [6.45, 7) is 7.41. The van der Waals surface area contributed by atoms with E-state index in [1.807, 2.05) is 50.2 Å². The van der Waals surface area contributed by atoms with Gasteiger partial charge in [-0.25, -0.2) is 9.59 Å². The lowest BCUT2D eigenvalue weighted by atomic mass is 9.96. The van der Waals surface area contributed by atoms with Gasteiger partial charge in [0.25, 0.3) is 0 Å². The first-order chi connectivity index (χ1) is 16.2. The van der Waals surface area contributed by atoms with E-state index in [0.29, 0.717) is 6.42 Å². The van der Waals surface area contributed by atoms with Crippen LogP contribution in [0.2, 0.25) is 0 Å². The largest absolute Gasteiger partial charge is 0.480 e. The lowest BCUT2D eigenvalue weighted by Gasteiger charge is -2.33. The summed E-state index contributed by atoms with van der Waals surface area (Å²) in [5.74, 6) is -2.08. The molecule has 2 aromatic carbocycles. The number of alkyl carbamates (subject to hydrolysis) is 1. The van der Waals surface area contributed by atoms with Crippen LogP contribution in [0.4, 0.5) is 4.79 Å². The summed E-state index contributed by atoms with van der Waals surface area (Å²) in [7, 11) is 1.47. The van der Waals surface area contributed by atoms with Crippen molar-refractivity contribution in [3.05, 3.63) is 59.7 Å². The zero-order valence-corrected chi connectivity index (χ0v) is 20.4. The molecular formula is C27H34N2O5. The Labute approximate surface area is 201 Å². The first kappa shape index (κ1) is 25.3. The van der Waals surface area contributed by atoms with E-state index in [4.69, 9.17) is 4.74 Å². The number of carboxylic acid groups (broad SMARTS) is 1. The molecule has 0 saturated carbocycles. The average molecular weight is 467 g/mol. The number of likely N-dealkylation sites (N-methyl/N-ethyl adjacent to an activating group) is 1. The third-order valence-electron chi connectivity index (χ3n) is 6.75. The van der Waals surface area contributed by atoms with Gasteiger partial charge in [-0.15, -0.1) is 0 Å². The van der Waals surface area contributed by atoms with Crippen LogP contribution in [0, 0.1) is 11.8 Å². The van der Waals surface area contributed by atoms with E-state index in [1.54, 1.807) is 13.8 Å². The topological polar surface area (TPSA) is 95.9 Å². The summed E-state index contributed by atoms with van der Waals surface area (Å²) in [6.07, 6.45) is -0.0572. The van der Waals surface area contributed by atoms with Gasteiger partial charge in [-0.1, -0.05) is 82.6 Å². The second-order valence-electron chi connectivity index (χ2n) is 9.31. The molecule has 34 heavy (non-hydrogen) atoms. The van der Waals surface area contributed by atoms with Crippen LogP contribution in [0.3, 0.4) is 0 Å². The molecule has 2 aromatic rings. The highest BCUT2D eigenvalue weighted by atomic mass is 16.5. The smallest absolute Gasteiger partial charge is 0.407 e. The van der Waals surface area contributed by atoms with Crippen LogP contribution in [0.15, 0.2) is 48.5 Å². The third-order valence-corrected chi connectivity index (χ3v) is 6.75. The minimum absolute atomic E-state index is 0.0871.